The lowest BCUT2D eigenvalue weighted by Crippen LogP contribution is -2.16. The number of benzene rings is 3. The highest BCUT2D eigenvalue weighted by Crippen LogP contribution is 2.43. The summed E-state index contributed by atoms with van der Waals surface area (Å²) in [6.07, 6.45) is 8.10. The number of nitrogens with zero attached hydrogens (tertiary/aromatic N) is 2. The molecule has 5 heterocycles. The zero-order valence-electron chi connectivity index (χ0n) is 44.6. The highest BCUT2D eigenvalue weighted by atomic mass is 16.4. The highest BCUT2D eigenvalue weighted by molar-refractivity contribution is 6.03. The van der Waals surface area contributed by atoms with Crippen LogP contribution in [-0.2, 0) is 32.5 Å². The van der Waals surface area contributed by atoms with Crippen molar-refractivity contribution in [2.75, 3.05) is 0 Å². The van der Waals surface area contributed by atoms with Gasteiger partial charge in [-0.3, -0.25) is 0 Å². The van der Waals surface area contributed by atoms with Gasteiger partial charge in [0.05, 0.1) is 28.3 Å². The Hall–Kier alpha value is -6.27. The predicted octanol–water partition coefficient (Wildman–Crippen LogP) is 17.1. The molecule has 3 N–H and O–H groups in total. The number of carboxylic acids is 1. The van der Waals surface area contributed by atoms with Crippen molar-refractivity contribution in [3.63, 3.8) is 0 Å². The van der Waals surface area contributed by atoms with Gasteiger partial charge in [-0.2, -0.15) is 0 Å². The fraction of sp³-hybridized carbons (Fsp3) is 0.381. The van der Waals surface area contributed by atoms with Crippen molar-refractivity contribution in [1.82, 2.24) is 19.9 Å². The maximum absolute atomic E-state index is 13.5. The molecule has 358 valence electrons. The van der Waals surface area contributed by atoms with Gasteiger partial charge < -0.3 is 15.1 Å². The summed E-state index contributed by atoms with van der Waals surface area (Å²) in [4.78, 5) is 32.0. The highest BCUT2D eigenvalue weighted by Gasteiger charge is 2.28. The molecule has 0 aliphatic carbocycles. The van der Waals surface area contributed by atoms with Crippen LogP contribution in [0.15, 0.2) is 78.9 Å². The molecule has 2 aliphatic rings. The van der Waals surface area contributed by atoms with Crippen LogP contribution in [0.3, 0.4) is 0 Å². The summed E-state index contributed by atoms with van der Waals surface area (Å²) in [6, 6.07) is 29.1. The molecular weight excluding hydrogens is 845 g/mol. The maximum Gasteiger partial charge on any atom is 0.340 e. The standard InChI is InChI=1S/C63H74N4O2/c1-58(2,3)39-27-36(28-40(33-39)59(4,5)6)53-45-19-21-47(64-45)54(37-29-41(60(7,8)9)34-42(30-37)61(10,11)12)49-23-25-51(66-49)56(57(68)69)52-26-24-50(67-52)55(48-22-20-46(53)65-48)38-31-43(62(13,14)15)35-44(32-38)63(16,17)18/h19-35,64,67H,1-18H3,(H,68,69). The summed E-state index contributed by atoms with van der Waals surface area (Å²) in [6.45, 7) is 40.7. The Balaban J connectivity index is 1.62. The summed E-state index contributed by atoms with van der Waals surface area (Å²) in [5, 5.41) is 11.1. The molecule has 0 unspecified atom stereocenters. The van der Waals surface area contributed by atoms with Crippen LogP contribution in [0.5, 0.6) is 0 Å². The molecule has 0 saturated carbocycles. The third-order valence-electron chi connectivity index (χ3n) is 13.8. The minimum absolute atomic E-state index is 0.100. The average molecular weight is 919 g/mol. The number of H-pyrrole nitrogens is 2. The summed E-state index contributed by atoms with van der Waals surface area (Å²) in [5.41, 5.74) is 18.3. The van der Waals surface area contributed by atoms with E-state index < -0.39 is 5.97 Å². The predicted molar refractivity (Wildman–Crippen MR) is 294 cm³/mol. The average Bonchev–Trinajstić information content (AvgIpc) is 4.06. The number of aromatic nitrogens is 4. The number of hydrogen-bond donors (Lipinski definition) is 3. The number of aromatic carboxylic acids is 1. The zero-order valence-corrected chi connectivity index (χ0v) is 44.6. The van der Waals surface area contributed by atoms with Gasteiger partial charge in [-0.25, -0.2) is 14.8 Å². The number of aromatic amines is 2. The monoisotopic (exact) mass is 919 g/mol. The van der Waals surface area contributed by atoms with Gasteiger partial charge in [0.1, 0.15) is 5.56 Å². The van der Waals surface area contributed by atoms with Crippen molar-refractivity contribution >= 4 is 52.3 Å². The molecule has 3 aromatic heterocycles. The van der Waals surface area contributed by atoms with E-state index in [1.807, 2.05) is 24.3 Å². The van der Waals surface area contributed by atoms with E-state index in [-0.39, 0.29) is 38.1 Å². The van der Waals surface area contributed by atoms with Gasteiger partial charge in [-0.15, -0.1) is 0 Å². The Bertz CT molecular complexity index is 3120. The van der Waals surface area contributed by atoms with Gasteiger partial charge >= 0.3 is 5.97 Å². The molecule has 6 heteroatoms. The van der Waals surface area contributed by atoms with Crippen molar-refractivity contribution in [2.45, 2.75) is 157 Å². The molecule has 69 heavy (non-hydrogen) atoms. The van der Waals surface area contributed by atoms with E-state index in [0.29, 0.717) is 16.9 Å². The normalized spacial score (nSPS) is 13.7. The summed E-state index contributed by atoms with van der Waals surface area (Å²) >= 11 is 0. The van der Waals surface area contributed by atoms with Crippen molar-refractivity contribution in [3.8, 4) is 33.4 Å². The number of carbonyl (C=O) groups is 1. The van der Waals surface area contributed by atoms with E-state index >= 15 is 0 Å². The molecule has 6 aromatic rings. The van der Waals surface area contributed by atoms with Crippen molar-refractivity contribution in [3.05, 3.63) is 141 Å². The van der Waals surface area contributed by atoms with Gasteiger partial charge in [0.25, 0.3) is 0 Å². The second-order valence-electron chi connectivity index (χ2n) is 25.7. The van der Waals surface area contributed by atoms with Gasteiger partial charge in [-0.1, -0.05) is 179 Å². The van der Waals surface area contributed by atoms with Crippen LogP contribution in [0.25, 0.3) is 79.8 Å². The maximum atomic E-state index is 13.5. The van der Waals surface area contributed by atoms with Crippen LogP contribution < -0.4 is 0 Å². The third kappa shape index (κ3) is 9.82. The second-order valence-corrected chi connectivity index (χ2v) is 25.7. The van der Waals surface area contributed by atoms with Crippen molar-refractivity contribution in [1.29, 1.82) is 0 Å². The van der Waals surface area contributed by atoms with Gasteiger partial charge in [0, 0.05) is 33.2 Å². The van der Waals surface area contributed by atoms with E-state index in [0.717, 1.165) is 61.3 Å². The number of nitrogens with one attached hydrogen (secondary N) is 2. The molecular formula is C63H74N4O2. The van der Waals surface area contributed by atoms with Crippen LogP contribution in [0.2, 0.25) is 0 Å². The second kappa shape index (κ2) is 16.7. The molecule has 2 aliphatic heterocycles. The van der Waals surface area contributed by atoms with Gasteiger partial charge in [0.15, 0.2) is 0 Å². The lowest BCUT2D eigenvalue weighted by molar-refractivity contribution is 0.0698. The quantitative estimate of drug-likeness (QED) is 0.164. The summed E-state index contributed by atoms with van der Waals surface area (Å²) in [5.74, 6) is -1.06. The lowest BCUT2D eigenvalue weighted by atomic mass is 9.78. The van der Waals surface area contributed by atoms with Gasteiger partial charge in [-0.05, 0) is 131 Å². The van der Waals surface area contributed by atoms with Crippen LogP contribution in [0.4, 0.5) is 0 Å². The Morgan fingerprint density at radius 2 is 0.594 bits per heavy atom. The number of fused-ring (bicyclic) bond motifs is 8. The lowest BCUT2D eigenvalue weighted by Gasteiger charge is -2.26. The molecule has 6 nitrogen and oxygen atoms in total. The van der Waals surface area contributed by atoms with E-state index in [9.17, 15) is 9.90 Å². The van der Waals surface area contributed by atoms with Crippen molar-refractivity contribution < 1.29 is 9.90 Å². The molecule has 0 atom stereocenters. The van der Waals surface area contributed by atoms with Crippen molar-refractivity contribution in [2.24, 2.45) is 0 Å². The molecule has 8 bridgehead atoms. The first-order chi connectivity index (χ1) is 31.8. The first kappa shape index (κ1) is 49.2. The molecule has 3 aromatic carbocycles. The molecule has 0 amide bonds. The third-order valence-corrected chi connectivity index (χ3v) is 13.8. The zero-order chi connectivity index (χ0) is 50.6. The van der Waals surface area contributed by atoms with Crippen LogP contribution in [0, 0.1) is 0 Å². The first-order valence-electron chi connectivity index (χ1n) is 24.7. The SMILES string of the molecule is CC(C)(C)c1cc(-c2c3nc(c(-c4cc(C(C)(C)C)cc(C(C)(C)C)c4)c4ccc([nH]4)c(-c4cc(C(C)(C)C)cc(C(C)(C)C)c4)c4nc(c(C(=O)O)c5ccc2[nH]5)C=C4)C=C3)cc(C(C)(C)C)c1. The van der Waals surface area contributed by atoms with Crippen LogP contribution >= 0.6 is 0 Å². The summed E-state index contributed by atoms with van der Waals surface area (Å²) in [7, 11) is 0. The Morgan fingerprint density at radius 3 is 0.855 bits per heavy atom. The topological polar surface area (TPSA) is 94.7 Å². The molecule has 8 rings (SSSR count). The fourth-order valence-corrected chi connectivity index (χ4v) is 9.26. The van der Waals surface area contributed by atoms with E-state index in [1.54, 1.807) is 0 Å². The van der Waals surface area contributed by atoms with Gasteiger partial charge in [0.2, 0.25) is 0 Å². The Kier molecular flexibility index (Phi) is 11.9. The number of carboxylic acid groups (broad SMARTS) is 1. The first-order valence-corrected chi connectivity index (χ1v) is 24.7. The largest absolute Gasteiger partial charge is 0.478 e. The van der Waals surface area contributed by atoms with Crippen LogP contribution in [-0.4, -0.2) is 31.0 Å². The van der Waals surface area contributed by atoms with E-state index in [2.05, 4.69) is 213 Å². The smallest absolute Gasteiger partial charge is 0.340 e. The van der Waals surface area contributed by atoms with E-state index in [4.69, 9.17) is 9.97 Å². The minimum atomic E-state index is -1.06. The molecule has 0 spiro atoms. The van der Waals surface area contributed by atoms with Crippen LogP contribution in [0.1, 0.15) is 191 Å². The Labute approximate surface area is 411 Å². The molecule has 0 fully saturated rings. The molecule has 0 radical (unpaired) electrons. The molecule has 0 saturated heterocycles. The summed E-state index contributed by atoms with van der Waals surface area (Å²) < 4.78 is 0. The minimum Gasteiger partial charge on any atom is -0.478 e. The number of rotatable bonds is 4. The fourth-order valence-electron chi connectivity index (χ4n) is 9.26. The Morgan fingerprint density at radius 1 is 0.362 bits per heavy atom. The van der Waals surface area contributed by atoms with E-state index in [1.165, 1.54) is 33.4 Å². The number of hydrogen-bond acceptors (Lipinski definition) is 3.